The average molecular weight is 229 g/mol. The highest BCUT2D eigenvalue weighted by Crippen LogP contribution is 2.15. The van der Waals surface area contributed by atoms with Gasteiger partial charge in [-0.05, 0) is 30.5 Å². The minimum absolute atomic E-state index is 0.491. The molecule has 0 spiro atoms. The van der Waals surface area contributed by atoms with Gasteiger partial charge in [-0.15, -0.1) is 0 Å². The molecule has 0 fully saturated rings. The van der Waals surface area contributed by atoms with Crippen molar-refractivity contribution in [3.8, 4) is 5.69 Å². The van der Waals surface area contributed by atoms with Crippen LogP contribution in [0.5, 0.6) is 0 Å². The van der Waals surface area contributed by atoms with Crippen LogP contribution in [-0.2, 0) is 13.0 Å². The van der Waals surface area contributed by atoms with Crippen molar-refractivity contribution in [3.63, 3.8) is 0 Å². The molecule has 0 saturated heterocycles. The Kier molecular flexibility index (Phi) is 3.59. The Morgan fingerprint density at radius 3 is 2.53 bits per heavy atom. The van der Waals surface area contributed by atoms with Gasteiger partial charge in [-0.25, -0.2) is 4.68 Å². The van der Waals surface area contributed by atoms with Gasteiger partial charge in [0.1, 0.15) is 0 Å². The zero-order chi connectivity index (χ0) is 12.3. The van der Waals surface area contributed by atoms with E-state index in [4.69, 9.17) is 5.73 Å². The number of rotatable bonds is 4. The monoisotopic (exact) mass is 229 g/mol. The Morgan fingerprint density at radius 1 is 1.24 bits per heavy atom. The molecule has 90 valence electrons. The van der Waals surface area contributed by atoms with E-state index in [-0.39, 0.29) is 0 Å². The predicted octanol–water partition coefficient (Wildman–Crippen LogP) is 2.53. The molecule has 0 unspecified atom stereocenters. The second-order valence-electron chi connectivity index (χ2n) is 4.68. The Bertz CT molecular complexity index is 471. The van der Waals surface area contributed by atoms with Gasteiger partial charge in [0.2, 0.25) is 0 Å². The summed E-state index contributed by atoms with van der Waals surface area (Å²) in [5, 5.41) is 4.54. The van der Waals surface area contributed by atoms with E-state index < -0.39 is 0 Å². The van der Waals surface area contributed by atoms with Crippen molar-refractivity contribution >= 4 is 0 Å². The first-order valence-electron chi connectivity index (χ1n) is 6.04. The van der Waals surface area contributed by atoms with Gasteiger partial charge in [0.25, 0.3) is 0 Å². The molecule has 0 aliphatic heterocycles. The smallest absolute Gasteiger partial charge is 0.0767 e. The summed E-state index contributed by atoms with van der Waals surface area (Å²) in [6.07, 6.45) is 1.02. The molecule has 0 radical (unpaired) electrons. The Hall–Kier alpha value is -1.61. The van der Waals surface area contributed by atoms with Gasteiger partial charge in [0, 0.05) is 12.2 Å². The van der Waals surface area contributed by atoms with Crippen LogP contribution in [0.15, 0.2) is 36.4 Å². The quantitative estimate of drug-likeness (QED) is 0.875. The van der Waals surface area contributed by atoms with E-state index in [0.29, 0.717) is 12.5 Å². The molecule has 2 aromatic rings. The van der Waals surface area contributed by atoms with E-state index >= 15 is 0 Å². The molecule has 1 aromatic heterocycles. The van der Waals surface area contributed by atoms with Crippen LogP contribution in [0.3, 0.4) is 0 Å². The lowest BCUT2D eigenvalue weighted by atomic mass is 10.1. The van der Waals surface area contributed by atoms with Crippen LogP contribution in [-0.4, -0.2) is 9.78 Å². The van der Waals surface area contributed by atoms with Crippen LogP contribution in [0, 0.1) is 5.92 Å². The molecule has 0 aliphatic carbocycles. The highest BCUT2D eigenvalue weighted by molar-refractivity contribution is 5.33. The largest absolute Gasteiger partial charge is 0.325 e. The lowest BCUT2D eigenvalue weighted by Crippen LogP contribution is -2.05. The molecule has 1 heterocycles. The van der Waals surface area contributed by atoms with Gasteiger partial charge in [-0.3, -0.25) is 0 Å². The lowest BCUT2D eigenvalue weighted by Gasteiger charge is -2.08. The third-order valence-electron chi connectivity index (χ3n) is 2.66. The van der Waals surface area contributed by atoms with E-state index in [1.807, 2.05) is 22.9 Å². The summed E-state index contributed by atoms with van der Waals surface area (Å²) < 4.78 is 2.00. The van der Waals surface area contributed by atoms with E-state index in [9.17, 15) is 0 Å². The topological polar surface area (TPSA) is 43.8 Å². The molecule has 17 heavy (non-hydrogen) atoms. The van der Waals surface area contributed by atoms with Crippen molar-refractivity contribution in [2.24, 2.45) is 11.7 Å². The fourth-order valence-electron chi connectivity index (χ4n) is 1.93. The van der Waals surface area contributed by atoms with Gasteiger partial charge in [-0.2, -0.15) is 5.10 Å². The fraction of sp³-hybridized carbons (Fsp3) is 0.357. The molecular weight excluding hydrogens is 210 g/mol. The molecule has 0 bridgehead atoms. The standard InChI is InChI=1S/C14H19N3/c1-11(2)8-14-9-12(10-15)16-17(14)13-6-4-3-5-7-13/h3-7,9,11H,8,10,15H2,1-2H3. The number of hydrogen-bond donors (Lipinski definition) is 1. The summed E-state index contributed by atoms with van der Waals surface area (Å²) >= 11 is 0. The minimum Gasteiger partial charge on any atom is -0.325 e. The Balaban J connectivity index is 2.41. The molecule has 3 nitrogen and oxygen atoms in total. The van der Waals surface area contributed by atoms with Gasteiger partial charge in [0.15, 0.2) is 0 Å². The number of aromatic nitrogens is 2. The van der Waals surface area contributed by atoms with Crippen molar-refractivity contribution in [2.45, 2.75) is 26.8 Å². The van der Waals surface area contributed by atoms with Crippen LogP contribution in [0.4, 0.5) is 0 Å². The molecule has 2 N–H and O–H groups in total. The average Bonchev–Trinajstić information content (AvgIpc) is 2.72. The van der Waals surface area contributed by atoms with Gasteiger partial charge in [-0.1, -0.05) is 32.0 Å². The highest BCUT2D eigenvalue weighted by Gasteiger charge is 2.09. The van der Waals surface area contributed by atoms with Crippen LogP contribution < -0.4 is 5.73 Å². The zero-order valence-corrected chi connectivity index (χ0v) is 10.4. The van der Waals surface area contributed by atoms with Crippen LogP contribution in [0.2, 0.25) is 0 Å². The maximum Gasteiger partial charge on any atom is 0.0767 e. The fourth-order valence-corrected chi connectivity index (χ4v) is 1.93. The first kappa shape index (κ1) is 11.9. The van der Waals surface area contributed by atoms with E-state index in [2.05, 4.69) is 37.1 Å². The number of nitrogens with zero attached hydrogens (tertiary/aromatic N) is 2. The van der Waals surface area contributed by atoms with Crippen molar-refractivity contribution < 1.29 is 0 Å². The number of nitrogens with two attached hydrogens (primary N) is 1. The lowest BCUT2D eigenvalue weighted by molar-refractivity contribution is 0.615. The molecule has 0 atom stereocenters. The summed E-state index contributed by atoms with van der Waals surface area (Å²) in [5.41, 5.74) is 8.94. The third-order valence-corrected chi connectivity index (χ3v) is 2.66. The second-order valence-corrected chi connectivity index (χ2v) is 4.68. The molecule has 0 aliphatic rings. The van der Waals surface area contributed by atoms with Crippen molar-refractivity contribution in [3.05, 3.63) is 47.8 Å². The first-order chi connectivity index (χ1) is 8.20. The Labute approximate surface area is 102 Å². The maximum absolute atomic E-state index is 5.67. The zero-order valence-electron chi connectivity index (χ0n) is 10.4. The van der Waals surface area contributed by atoms with E-state index in [1.165, 1.54) is 5.69 Å². The number of hydrogen-bond acceptors (Lipinski definition) is 2. The van der Waals surface area contributed by atoms with Gasteiger partial charge in [0.05, 0.1) is 11.4 Å². The number of benzene rings is 1. The summed E-state index contributed by atoms with van der Waals surface area (Å²) in [4.78, 5) is 0. The first-order valence-corrected chi connectivity index (χ1v) is 6.04. The highest BCUT2D eigenvalue weighted by atomic mass is 15.3. The van der Waals surface area contributed by atoms with Crippen molar-refractivity contribution in [1.82, 2.24) is 9.78 Å². The molecule has 1 aromatic carbocycles. The van der Waals surface area contributed by atoms with Crippen molar-refractivity contribution in [1.29, 1.82) is 0 Å². The van der Waals surface area contributed by atoms with E-state index in [1.54, 1.807) is 0 Å². The van der Waals surface area contributed by atoms with Crippen molar-refractivity contribution in [2.75, 3.05) is 0 Å². The summed E-state index contributed by atoms with van der Waals surface area (Å²) in [7, 11) is 0. The third kappa shape index (κ3) is 2.74. The minimum atomic E-state index is 0.491. The number of para-hydroxylation sites is 1. The van der Waals surface area contributed by atoms with Crippen LogP contribution in [0.1, 0.15) is 25.2 Å². The molecule has 0 saturated carbocycles. The normalized spacial score (nSPS) is 11.1. The predicted molar refractivity (Wildman–Crippen MR) is 70.0 cm³/mol. The molecule has 0 amide bonds. The van der Waals surface area contributed by atoms with Gasteiger partial charge >= 0.3 is 0 Å². The summed E-state index contributed by atoms with van der Waals surface area (Å²) in [6.45, 7) is 4.92. The van der Waals surface area contributed by atoms with E-state index in [0.717, 1.165) is 17.8 Å². The maximum atomic E-state index is 5.67. The molecular formula is C14H19N3. The van der Waals surface area contributed by atoms with Crippen LogP contribution >= 0.6 is 0 Å². The summed E-state index contributed by atoms with van der Waals surface area (Å²) in [5.74, 6) is 0.611. The SMILES string of the molecule is CC(C)Cc1cc(CN)nn1-c1ccccc1. The summed E-state index contributed by atoms with van der Waals surface area (Å²) in [6, 6.07) is 12.3. The second kappa shape index (κ2) is 5.15. The van der Waals surface area contributed by atoms with Gasteiger partial charge < -0.3 is 5.73 Å². The molecule has 2 rings (SSSR count). The molecule has 3 heteroatoms. The van der Waals surface area contributed by atoms with Crippen LogP contribution in [0.25, 0.3) is 5.69 Å². The Morgan fingerprint density at radius 2 is 1.94 bits per heavy atom.